The summed E-state index contributed by atoms with van der Waals surface area (Å²) in [7, 11) is 0. The zero-order valence-corrected chi connectivity index (χ0v) is 11.5. The second-order valence-corrected chi connectivity index (χ2v) is 4.68. The minimum atomic E-state index is -2.81. The first kappa shape index (κ1) is 15.4. The van der Waals surface area contributed by atoms with E-state index in [1.165, 1.54) is 24.3 Å². The molecular weight excluding hydrogens is 279 g/mol. The number of alkyl halides is 2. The van der Waals surface area contributed by atoms with Crippen molar-refractivity contribution in [2.45, 2.75) is 26.1 Å². The predicted octanol–water partition coefficient (Wildman–Crippen LogP) is 4.28. The van der Waals surface area contributed by atoms with Crippen LogP contribution >= 0.6 is 0 Å². The van der Waals surface area contributed by atoms with E-state index in [0.29, 0.717) is 6.54 Å². The van der Waals surface area contributed by atoms with Crippen LogP contribution in [0.3, 0.4) is 0 Å². The van der Waals surface area contributed by atoms with Crippen molar-refractivity contribution in [3.8, 4) is 5.75 Å². The molecular formula is C16H16F3NO. The van der Waals surface area contributed by atoms with Crippen molar-refractivity contribution in [1.29, 1.82) is 0 Å². The molecule has 0 bridgehead atoms. The Balaban J connectivity index is 1.90. The molecule has 0 saturated carbocycles. The van der Waals surface area contributed by atoms with Gasteiger partial charge >= 0.3 is 6.61 Å². The second kappa shape index (κ2) is 7.13. The van der Waals surface area contributed by atoms with Gasteiger partial charge in [-0.3, -0.25) is 0 Å². The van der Waals surface area contributed by atoms with Crippen molar-refractivity contribution in [2.24, 2.45) is 0 Å². The molecule has 0 amide bonds. The third-order valence-corrected chi connectivity index (χ3v) is 3.13. The molecule has 0 aliphatic carbocycles. The summed E-state index contributed by atoms with van der Waals surface area (Å²) in [6, 6.07) is 12.8. The number of benzene rings is 2. The fraction of sp³-hybridized carbons (Fsp3) is 0.250. The van der Waals surface area contributed by atoms with Gasteiger partial charge in [0.2, 0.25) is 0 Å². The molecule has 5 heteroatoms. The highest BCUT2D eigenvalue weighted by Crippen LogP contribution is 2.19. The molecule has 2 nitrogen and oxygen atoms in total. The monoisotopic (exact) mass is 295 g/mol. The van der Waals surface area contributed by atoms with Crippen molar-refractivity contribution in [2.75, 3.05) is 0 Å². The summed E-state index contributed by atoms with van der Waals surface area (Å²) >= 11 is 0. The van der Waals surface area contributed by atoms with Crippen molar-refractivity contribution >= 4 is 0 Å². The third-order valence-electron chi connectivity index (χ3n) is 3.13. The van der Waals surface area contributed by atoms with Gasteiger partial charge < -0.3 is 10.1 Å². The molecule has 0 fully saturated rings. The van der Waals surface area contributed by atoms with Gasteiger partial charge in [-0.15, -0.1) is 0 Å². The van der Waals surface area contributed by atoms with Crippen molar-refractivity contribution in [3.63, 3.8) is 0 Å². The molecule has 0 aliphatic heterocycles. The topological polar surface area (TPSA) is 21.3 Å². The summed E-state index contributed by atoms with van der Waals surface area (Å²) in [5.41, 5.74) is 1.93. The maximum atomic E-state index is 12.8. The summed E-state index contributed by atoms with van der Waals surface area (Å²) < 4.78 is 41.2. The standard InChI is InChI=1S/C16H16F3NO/c1-11(20-10-12-2-6-14(17)7-3-12)13-4-8-15(9-5-13)21-16(18)19/h2-9,11,16,20H,10H2,1H3. The largest absolute Gasteiger partial charge is 0.435 e. The van der Waals surface area contributed by atoms with Crippen LogP contribution in [0.25, 0.3) is 0 Å². The number of hydrogen-bond acceptors (Lipinski definition) is 2. The van der Waals surface area contributed by atoms with Gasteiger partial charge in [0.1, 0.15) is 11.6 Å². The molecule has 0 saturated heterocycles. The summed E-state index contributed by atoms with van der Waals surface area (Å²) in [5, 5.41) is 3.28. The Morgan fingerprint density at radius 3 is 2.19 bits per heavy atom. The van der Waals surface area contributed by atoms with Crippen LogP contribution < -0.4 is 10.1 Å². The number of halogens is 3. The molecule has 2 aromatic carbocycles. The lowest BCUT2D eigenvalue weighted by Gasteiger charge is -2.15. The minimum absolute atomic E-state index is 0.0376. The summed E-state index contributed by atoms with van der Waals surface area (Å²) in [6.45, 7) is -0.256. The van der Waals surface area contributed by atoms with Gasteiger partial charge in [-0.25, -0.2) is 4.39 Å². The smallest absolute Gasteiger partial charge is 0.387 e. The van der Waals surface area contributed by atoms with E-state index in [1.807, 2.05) is 6.92 Å². The molecule has 21 heavy (non-hydrogen) atoms. The number of nitrogens with one attached hydrogen (secondary N) is 1. The number of ether oxygens (including phenoxy) is 1. The summed E-state index contributed by atoms with van der Waals surface area (Å²) in [5.74, 6) is -0.124. The Bertz CT molecular complexity index is 555. The molecule has 0 aliphatic rings. The average molecular weight is 295 g/mol. The maximum Gasteiger partial charge on any atom is 0.387 e. The van der Waals surface area contributed by atoms with E-state index in [-0.39, 0.29) is 17.6 Å². The van der Waals surface area contributed by atoms with Crippen molar-refractivity contribution < 1.29 is 17.9 Å². The lowest BCUT2D eigenvalue weighted by molar-refractivity contribution is -0.0498. The van der Waals surface area contributed by atoms with Crippen LogP contribution in [-0.4, -0.2) is 6.61 Å². The molecule has 1 N–H and O–H groups in total. The van der Waals surface area contributed by atoms with Crippen LogP contribution in [0.4, 0.5) is 13.2 Å². The Labute approximate surface area is 121 Å². The fourth-order valence-corrected chi connectivity index (χ4v) is 1.93. The Kier molecular flexibility index (Phi) is 5.22. The van der Waals surface area contributed by atoms with Crippen LogP contribution in [0.15, 0.2) is 48.5 Å². The molecule has 2 rings (SSSR count). The zero-order valence-electron chi connectivity index (χ0n) is 11.5. The van der Waals surface area contributed by atoms with Gasteiger partial charge in [-0.2, -0.15) is 8.78 Å². The first-order valence-corrected chi connectivity index (χ1v) is 6.57. The molecule has 1 atom stereocenters. The van der Waals surface area contributed by atoms with Gasteiger partial charge in [0.15, 0.2) is 0 Å². The lowest BCUT2D eigenvalue weighted by atomic mass is 10.1. The van der Waals surface area contributed by atoms with Crippen LogP contribution in [0.2, 0.25) is 0 Å². The van der Waals surface area contributed by atoms with Crippen LogP contribution in [0, 0.1) is 5.82 Å². The van der Waals surface area contributed by atoms with E-state index in [9.17, 15) is 13.2 Å². The highest BCUT2D eigenvalue weighted by atomic mass is 19.3. The van der Waals surface area contributed by atoms with Gasteiger partial charge in [0.25, 0.3) is 0 Å². The van der Waals surface area contributed by atoms with E-state index >= 15 is 0 Å². The van der Waals surface area contributed by atoms with Gasteiger partial charge in [0, 0.05) is 12.6 Å². The van der Waals surface area contributed by atoms with Crippen LogP contribution in [-0.2, 0) is 6.54 Å². The van der Waals surface area contributed by atoms with E-state index < -0.39 is 6.61 Å². The maximum absolute atomic E-state index is 12.8. The predicted molar refractivity (Wildman–Crippen MR) is 74.7 cm³/mol. The van der Waals surface area contributed by atoms with E-state index in [4.69, 9.17) is 0 Å². The summed E-state index contributed by atoms with van der Waals surface area (Å²) in [4.78, 5) is 0. The molecule has 0 radical (unpaired) electrons. The van der Waals surface area contributed by atoms with E-state index in [1.54, 1.807) is 24.3 Å². The first-order chi connectivity index (χ1) is 10.0. The van der Waals surface area contributed by atoms with E-state index in [0.717, 1.165) is 11.1 Å². The molecule has 1 unspecified atom stereocenters. The SMILES string of the molecule is CC(NCc1ccc(F)cc1)c1ccc(OC(F)F)cc1. The number of rotatable bonds is 6. The second-order valence-electron chi connectivity index (χ2n) is 4.68. The molecule has 2 aromatic rings. The Hall–Kier alpha value is -2.01. The average Bonchev–Trinajstić information content (AvgIpc) is 2.46. The van der Waals surface area contributed by atoms with Gasteiger partial charge in [0.05, 0.1) is 0 Å². The first-order valence-electron chi connectivity index (χ1n) is 6.57. The van der Waals surface area contributed by atoms with Gasteiger partial charge in [-0.05, 0) is 42.3 Å². The zero-order chi connectivity index (χ0) is 15.2. The molecule has 0 heterocycles. The van der Waals surface area contributed by atoms with Crippen LogP contribution in [0.5, 0.6) is 5.75 Å². The highest BCUT2D eigenvalue weighted by Gasteiger charge is 2.07. The fourth-order valence-electron chi connectivity index (χ4n) is 1.93. The molecule has 112 valence electrons. The molecule has 0 spiro atoms. The highest BCUT2D eigenvalue weighted by molar-refractivity contribution is 5.29. The van der Waals surface area contributed by atoms with Crippen LogP contribution in [0.1, 0.15) is 24.1 Å². The van der Waals surface area contributed by atoms with Gasteiger partial charge in [-0.1, -0.05) is 24.3 Å². The van der Waals surface area contributed by atoms with E-state index in [2.05, 4.69) is 10.1 Å². The molecule has 0 aromatic heterocycles. The Morgan fingerprint density at radius 1 is 1.00 bits per heavy atom. The lowest BCUT2D eigenvalue weighted by Crippen LogP contribution is -2.18. The number of hydrogen-bond donors (Lipinski definition) is 1. The third kappa shape index (κ3) is 4.79. The quantitative estimate of drug-likeness (QED) is 0.859. The normalized spacial score (nSPS) is 12.4. The van der Waals surface area contributed by atoms with Crippen molar-refractivity contribution in [1.82, 2.24) is 5.32 Å². The Morgan fingerprint density at radius 2 is 1.62 bits per heavy atom. The summed E-state index contributed by atoms with van der Waals surface area (Å²) in [6.07, 6.45) is 0. The minimum Gasteiger partial charge on any atom is -0.435 e. The van der Waals surface area contributed by atoms with Crippen molar-refractivity contribution in [3.05, 3.63) is 65.5 Å².